The molecule has 22 heavy (non-hydrogen) atoms. The number of Topliss-reactive ketones (excluding diaryl/α,β-unsaturated/α-hetero) is 1. The molecule has 7 nitrogen and oxygen atoms in total. The second-order valence-corrected chi connectivity index (χ2v) is 6.82. The third kappa shape index (κ3) is 4.71. The van der Waals surface area contributed by atoms with Crippen LogP contribution >= 0.6 is 0 Å². The van der Waals surface area contributed by atoms with E-state index < -0.39 is 36.0 Å². The maximum Gasteiger partial charge on any atom is 0.163 e. The van der Waals surface area contributed by atoms with Crippen LogP contribution in [0.25, 0.3) is 0 Å². The number of ether oxygens (including phenoxy) is 4. The van der Waals surface area contributed by atoms with Gasteiger partial charge in [0.1, 0.15) is 18.0 Å². The van der Waals surface area contributed by atoms with Crippen molar-refractivity contribution in [3.05, 3.63) is 0 Å². The van der Waals surface area contributed by atoms with Gasteiger partial charge in [-0.05, 0) is 27.7 Å². The molecule has 2 aliphatic heterocycles. The van der Waals surface area contributed by atoms with E-state index in [0.29, 0.717) is 0 Å². The molecule has 0 aromatic rings. The van der Waals surface area contributed by atoms with Crippen molar-refractivity contribution >= 4 is 5.78 Å². The zero-order valence-corrected chi connectivity index (χ0v) is 13.6. The van der Waals surface area contributed by atoms with Crippen molar-refractivity contribution in [3.8, 4) is 0 Å². The van der Waals surface area contributed by atoms with Gasteiger partial charge in [-0.2, -0.15) is 0 Å². The first-order valence-electron chi connectivity index (χ1n) is 7.59. The van der Waals surface area contributed by atoms with Crippen LogP contribution in [0.1, 0.15) is 40.5 Å². The van der Waals surface area contributed by atoms with E-state index in [-0.39, 0.29) is 31.8 Å². The average Bonchev–Trinajstić information content (AvgIpc) is 2.91. The van der Waals surface area contributed by atoms with Crippen LogP contribution in [0.15, 0.2) is 0 Å². The predicted molar refractivity (Wildman–Crippen MR) is 76.1 cm³/mol. The molecule has 2 heterocycles. The quantitative estimate of drug-likeness (QED) is 0.730. The van der Waals surface area contributed by atoms with E-state index in [1.54, 1.807) is 27.7 Å². The van der Waals surface area contributed by atoms with E-state index in [1.165, 1.54) is 0 Å². The zero-order chi connectivity index (χ0) is 16.5. The third-order valence-electron chi connectivity index (χ3n) is 3.79. The molecule has 2 rings (SSSR count). The van der Waals surface area contributed by atoms with Gasteiger partial charge in [-0.15, -0.1) is 0 Å². The van der Waals surface area contributed by atoms with E-state index in [1.807, 2.05) is 0 Å². The minimum atomic E-state index is -0.946. The monoisotopic (exact) mass is 318 g/mol. The zero-order valence-electron chi connectivity index (χ0n) is 13.6. The Morgan fingerprint density at radius 3 is 1.59 bits per heavy atom. The smallest absolute Gasteiger partial charge is 0.163 e. The highest BCUT2D eigenvalue weighted by molar-refractivity contribution is 5.79. The molecule has 7 heteroatoms. The van der Waals surface area contributed by atoms with Crippen LogP contribution in [0.3, 0.4) is 0 Å². The molecule has 2 saturated heterocycles. The van der Waals surface area contributed by atoms with Gasteiger partial charge in [0.25, 0.3) is 0 Å². The van der Waals surface area contributed by atoms with Gasteiger partial charge in [0, 0.05) is 12.8 Å². The fraction of sp³-hybridized carbons (Fsp3) is 0.933. The average molecular weight is 318 g/mol. The Morgan fingerprint density at radius 2 is 1.32 bits per heavy atom. The molecule has 0 saturated carbocycles. The summed E-state index contributed by atoms with van der Waals surface area (Å²) >= 11 is 0. The van der Waals surface area contributed by atoms with Crippen LogP contribution in [0.4, 0.5) is 0 Å². The molecule has 0 aliphatic carbocycles. The maximum absolute atomic E-state index is 12.0. The normalized spacial score (nSPS) is 32.8. The molecule has 0 aromatic carbocycles. The van der Waals surface area contributed by atoms with Crippen molar-refractivity contribution < 1.29 is 34.0 Å². The standard InChI is InChI=1S/C15H26O7/c1-14(2)19-7-12(21-14)10(17)5-9(16)6-11(18)13-8-20-15(3,4)22-13/h10-13,17-18H,5-8H2,1-4H3/t10?,11?,12-,13-/m1/s1. The Balaban J connectivity index is 1.76. The SMILES string of the molecule is CC1(C)OC[C@H](C(O)CC(=O)CC(O)[C@H]2COC(C)(C)O2)O1. The topological polar surface area (TPSA) is 94.5 Å². The summed E-state index contributed by atoms with van der Waals surface area (Å²) < 4.78 is 21.7. The molecular weight excluding hydrogens is 292 g/mol. The van der Waals surface area contributed by atoms with Crippen LogP contribution in [-0.2, 0) is 23.7 Å². The fourth-order valence-corrected chi connectivity index (χ4v) is 2.62. The predicted octanol–water partition coefficient (Wildman–Crippen LogP) is 0.360. The molecule has 2 unspecified atom stereocenters. The summed E-state index contributed by atoms with van der Waals surface area (Å²) in [6, 6.07) is 0. The van der Waals surface area contributed by atoms with Crippen molar-refractivity contribution in [1.29, 1.82) is 0 Å². The molecule has 128 valence electrons. The molecule has 0 amide bonds. The second-order valence-electron chi connectivity index (χ2n) is 6.82. The molecular formula is C15H26O7. The van der Waals surface area contributed by atoms with Gasteiger partial charge >= 0.3 is 0 Å². The first-order chi connectivity index (χ1) is 10.1. The van der Waals surface area contributed by atoms with E-state index in [0.717, 1.165) is 0 Å². The molecule has 0 radical (unpaired) electrons. The maximum atomic E-state index is 12.0. The fourth-order valence-electron chi connectivity index (χ4n) is 2.62. The summed E-state index contributed by atoms with van der Waals surface area (Å²) in [7, 11) is 0. The number of carbonyl (C=O) groups excluding carboxylic acids is 1. The Morgan fingerprint density at radius 1 is 0.955 bits per heavy atom. The van der Waals surface area contributed by atoms with E-state index >= 15 is 0 Å². The summed E-state index contributed by atoms with van der Waals surface area (Å²) in [5.74, 6) is -1.73. The lowest BCUT2D eigenvalue weighted by Gasteiger charge is -2.22. The van der Waals surface area contributed by atoms with Gasteiger partial charge in [0.15, 0.2) is 11.6 Å². The van der Waals surface area contributed by atoms with Gasteiger partial charge in [0.2, 0.25) is 0 Å². The van der Waals surface area contributed by atoms with Crippen molar-refractivity contribution in [2.45, 2.75) is 76.5 Å². The van der Waals surface area contributed by atoms with Gasteiger partial charge in [-0.1, -0.05) is 0 Å². The van der Waals surface area contributed by atoms with Gasteiger partial charge in [-0.25, -0.2) is 0 Å². The lowest BCUT2D eigenvalue weighted by molar-refractivity contribution is -0.156. The molecule has 0 bridgehead atoms. The Labute approximate surface area is 130 Å². The summed E-state index contributed by atoms with van der Waals surface area (Å²) in [4.78, 5) is 12.0. The third-order valence-corrected chi connectivity index (χ3v) is 3.79. The Bertz CT molecular complexity index is 371. The van der Waals surface area contributed by atoms with Crippen molar-refractivity contribution in [2.75, 3.05) is 13.2 Å². The largest absolute Gasteiger partial charge is 0.390 e. The van der Waals surface area contributed by atoms with Crippen LogP contribution in [0.2, 0.25) is 0 Å². The highest BCUT2D eigenvalue weighted by Gasteiger charge is 2.39. The minimum Gasteiger partial charge on any atom is -0.390 e. The second kappa shape index (κ2) is 6.51. The number of ketones is 1. The van der Waals surface area contributed by atoms with Crippen LogP contribution in [-0.4, -0.2) is 65.2 Å². The molecule has 4 atom stereocenters. The van der Waals surface area contributed by atoms with Crippen molar-refractivity contribution in [2.24, 2.45) is 0 Å². The molecule has 2 aliphatic rings. The van der Waals surface area contributed by atoms with Crippen LogP contribution < -0.4 is 0 Å². The van der Waals surface area contributed by atoms with E-state index in [2.05, 4.69) is 0 Å². The van der Waals surface area contributed by atoms with Crippen LogP contribution in [0.5, 0.6) is 0 Å². The molecule has 2 fully saturated rings. The first kappa shape index (κ1) is 17.8. The lowest BCUT2D eigenvalue weighted by Crippen LogP contribution is -2.35. The van der Waals surface area contributed by atoms with Gasteiger partial charge in [-0.3, -0.25) is 4.79 Å². The Kier molecular flexibility index (Phi) is 5.26. The number of aliphatic hydroxyl groups excluding tert-OH is 2. The molecule has 2 N–H and O–H groups in total. The number of rotatable bonds is 6. The summed E-state index contributed by atoms with van der Waals surface area (Å²) in [5.41, 5.74) is 0. The van der Waals surface area contributed by atoms with Crippen molar-refractivity contribution in [1.82, 2.24) is 0 Å². The highest BCUT2D eigenvalue weighted by Crippen LogP contribution is 2.27. The number of aliphatic hydroxyl groups is 2. The van der Waals surface area contributed by atoms with E-state index in [9.17, 15) is 15.0 Å². The van der Waals surface area contributed by atoms with Gasteiger partial charge < -0.3 is 29.2 Å². The molecule has 0 spiro atoms. The van der Waals surface area contributed by atoms with Crippen LogP contribution in [0, 0.1) is 0 Å². The summed E-state index contributed by atoms with van der Waals surface area (Å²) in [6.07, 6.45) is -3.12. The summed E-state index contributed by atoms with van der Waals surface area (Å²) in [5, 5.41) is 20.1. The van der Waals surface area contributed by atoms with Gasteiger partial charge in [0.05, 0.1) is 25.4 Å². The number of carbonyl (C=O) groups is 1. The minimum absolute atomic E-state index is 0.0852. The van der Waals surface area contributed by atoms with Crippen molar-refractivity contribution in [3.63, 3.8) is 0 Å². The Hall–Kier alpha value is -0.570. The lowest BCUT2D eigenvalue weighted by atomic mass is 10.0. The highest BCUT2D eigenvalue weighted by atomic mass is 16.8. The summed E-state index contributed by atoms with van der Waals surface area (Å²) in [6.45, 7) is 7.51. The molecule has 0 aromatic heterocycles. The van der Waals surface area contributed by atoms with E-state index in [4.69, 9.17) is 18.9 Å². The first-order valence-corrected chi connectivity index (χ1v) is 7.59. The number of hydrogen-bond donors (Lipinski definition) is 2. The number of hydrogen-bond acceptors (Lipinski definition) is 7.